The highest BCUT2D eigenvalue weighted by Crippen LogP contribution is 2.19. The van der Waals surface area contributed by atoms with E-state index in [2.05, 4.69) is 15.0 Å². The Kier molecular flexibility index (Phi) is 5.84. The first-order valence-corrected chi connectivity index (χ1v) is 8.47. The number of alkyl halides is 2. The van der Waals surface area contributed by atoms with Crippen molar-refractivity contribution in [3.63, 3.8) is 0 Å². The molecule has 4 nitrogen and oxygen atoms in total. The standard InChI is InChI=1S/C20H20F2N2O2/c21-20(22)26-16-8-5-14(6-9-16)11-12-23-19(25)10-7-15-13-24-18-4-2-1-3-17(15)18/h1-6,8-9,13,20,24H,7,10-12H2,(H,23,25). The fourth-order valence-corrected chi connectivity index (χ4v) is 2.86. The van der Waals surface area contributed by atoms with Crippen LogP contribution >= 0.6 is 0 Å². The van der Waals surface area contributed by atoms with Gasteiger partial charge in [0, 0.05) is 30.1 Å². The number of para-hydroxylation sites is 1. The number of nitrogens with one attached hydrogen (secondary N) is 2. The fraction of sp³-hybridized carbons (Fsp3) is 0.250. The summed E-state index contributed by atoms with van der Waals surface area (Å²) in [6, 6.07) is 14.4. The monoisotopic (exact) mass is 358 g/mol. The van der Waals surface area contributed by atoms with Crippen LogP contribution in [0.4, 0.5) is 8.78 Å². The molecule has 0 aliphatic rings. The van der Waals surface area contributed by atoms with E-state index in [1.807, 2.05) is 30.5 Å². The molecule has 3 rings (SSSR count). The highest BCUT2D eigenvalue weighted by Gasteiger charge is 2.07. The first-order valence-electron chi connectivity index (χ1n) is 8.47. The topological polar surface area (TPSA) is 54.1 Å². The number of carbonyl (C=O) groups excluding carboxylic acids is 1. The molecule has 0 radical (unpaired) electrons. The molecular weight excluding hydrogens is 338 g/mol. The van der Waals surface area contributed by atoms with Gasteiger partial charge >= 0.3 is 6.61 Å². The molecule has 26 heavy (non-hydrogen) atoms. The predicted molar refractivity (Wildman–Crippen MR) is 96.4 cm³/mol. The molecule has 0 spiro atoms. The molecule has 6 heteroatoms. The Morgan fingerprint density at radius 3 is 2.62 bits per heavy atom. The van der Waals surface area contributed by atoms with Gasteiger partial charge in [-0.2, -0.15) is 8.78 Å². The first kappa shape index (κ1) is 17.9. The van der Waals surface area contributed by atoms with Crippen molar-refractivity contribution >= 4 is 16.8 Å². The molecule has 0 unspecified atom stereocenters. The van der Waals surface area contributed by atoms with E-state index in [-0.39, 0.29) is 11.7 Å². The molecule has 2 N–H and O–H groups in total. The van der Waals surface area contributed by atoms with Crippen LogP contribution in [0.25, 0.3) is 10.9 Å². The third-order valence-corrected chi connectivity index (χ3v) is 4.18. The Morgan fingerprint density at radius 1 is 1.08 bits per heavy atom. The van der Waals surface area contributed by atoms with Gasteiger partial charge in [-0.1, -0.05) is 30.3 Å². The number of aromatic nitrogens is 1. The molecule has 0 bridgehead atoms. The molecule has 1 heterocycles. The average Bonchev–Trinajstić information content (AvgIpc) is 3.04. The van der Waals surface area contributed by atoms with Gasteiger partial charge in [0.25, 0.3) is 0 Å². The van der Waals surface area contributed by atoms with Crippen molar-refractivity contribution in [2.75, 3.05) is 6.54 Å². The number of aromatic amines is 1. The summed E-state index contributed by atoms with van der Waals surface area (Å²) in [5, 5.41) is 4.03. The summed E-state index contributed by atoms with van der Waals surface area (Å²) in [6.07, 6.45) is 3.67. The molecule has 0 aliphatic carbocycles. The van der Waals surface area contributed by atoms with Crippen molar-refractivity contribution in [2.24, 2.45) is 0 Å². The number of benzene rings is 2. The lowest BCUT2D eigenvalue weighted by Crippen LogP contribution is -2.25. The minimum Gasteiger partial charge on any atom is -0.435 e. The van der Waals surface area contributed by atoms with Gasteiger partial charge in [0.2, 0.25) is 5.91 Å². The number of H-pyrrole nitrogens is 1. The average molecular weight is 358 g/mol. The Labute approximate surface area is 150 Å². The predicted octanol–water partition coefficient (Wildman–Crippen LogP) is 4.06. The quantitative estimate of drug-likeness (QED) is 0.638. The van der Waals surface area contributed by atoms with Gasteiger partial charge < -0.3 is 15.0 Å². The summed E-state index contributed by atoms with van der Waals surface area (Å²) in [6.45, 7) is -2.32. The van der Waals surface area contributed by atoms with Crippen LogP contribution in [0.2, 0.25) is 0 Å². The number of halogens is 2. The molecule has 2 aromatic carbocycles. The van der Waals surface area contributed by atoms with Crippen molar-refractivity contribution in [2.45, 2.75) is 25.9 Å². The molecule has 0 fully saturated rings. The smallest absolute Gasteiger partial charge is 0.387 e. The van der Waals surface area contributed by atoms with Crippen LogP contribution in [-0.4, -0.2) is 24.0 Å². The molecule has 136 valence electrons. The summed E-state index contributed by atoms with van der Waals surface area (Å²) in [5.74, 6) is 0.124. The van der Waals surface area contributed by atoms with Crippen LogP contribution in [0.3, 0.4) is 0 Å². The molecular formula is C20H20F2N2O2. The van der Waals surface area contributed by atoms with E-state index >= 15 is 0 Å². The van der Waals surface area contributed by atoms with Gasteiger partial charge in [0.1, 0.15) is 5.75 Å². The molecule has 1 aromatic heterocycles. The van der Waals surface area contributed by atoms with Crippen molar-refractivity contribution in [3.05, 3.63) is 65.9 Å². The number of amides is 1. The Morgan fingerprint density at radius 2 is 1.85 bits per heavy atom. The maximum Gasteiger partial charge on any atom is 0.387 e. The number of ether oxygens (including phenoxy) is 1. The van der Waals surface area contributed by atoms with Crippen LogP contribution in [0.1, 0.15) is 17.5 Å². The lowest BCUT2D eigenvalue weighted by Gasteiger charge is -2.07. The van der Waals surface area contributed by atoms with Crippen LogP contribution in [0.15, 0.2) is 54.7 Å². The zero-order valence-electron chi connectivity index (χ0n) is 14.2. The molecule has 0 saturated carbocycles. The summed E-state index contributed by atoms with van der Waals surface area (Å²) in [5.41, 5.74) is 3.15. The highest BCUT2D eigenvalue weighted by molar-refractivity contribution is 5.84. The lowest BCUT2D eigenvalue weighted by molar-refractivity contribution is -0.121. The van der Waals surface area contributed by atoms with Gasteiger partial charge in [-0.05, 0) is 42.2 Å². The summed E-state index contributed by atoms with van der Waals surface area (Å²) in [7, 11) is 0. The third-order valence-electron chi connectivity index (χ3n) is 4.18. The van der Waals surface area contributed by atoms with E-state index < -0.39 is 6.61 Å². The second-order valence-corrected chi connectivity index (χ2v) is 5.98. The number of hydrogen-bond donors (Lipinski definition) is 2. The van der Waals surface area contributed by atoms with E-state index in [1.165, 1.54) is 12.1 Å². The third kappa shape index (κ3) is 4.81. The Hall–Kier alpha value is -2.89. The lowest BCUT2D eigenvalue weighted by atomic mass is 10.1. The maximum absolute atomic E-state index is 12.1. The highest BCUT2D eigenvalue weighted by atomic mass is 19.3. The number of carbonyl (C=O) groups is 1. The number of hydrogen-bond acceptors (Lipinski definition) is 2. The van der Waals surface area contributed by atoms with Crippen molar-refractivity contribution in [1.29, 1.82) is 0 Å². The van der Waals surface area contributed by atoms with Crippen LogP contribution in [0.5, 0.6) is 5.75 Å². The molecule has 0 atom stereocenters. The van der Waals surface area contributed by atoms with Crippen molar-refractivity contribution in [3.8, 4) is 5.75 Å². The van der Waals surface area contributed by atoms with E-state index in [0.29, 0.717) is 25.8 Å². The zero-order chi connectivity index (χ0) is 18.4. The number of rotatable bonds is 8. The van der Waals surface area contributed by atoms with E-state index in [0.717, 1.165) is 22.0 Å². The van der Waals surface area contributed by atoms with Gasteiger partial charge in [-0.15, -0.1) is 0 Å². The van der Waals surface area contributed by atoms with Gasteiger partial charge in [0.15, 0.2) is 0 Å². The summed E-state index contributed by atoms with van der Waals surface area (Å²) < 4.78 is 28.5. The Bertz CT molecular complexity index is 860. The summed E-state index contributed by atoms with van der Waals surface area (Å²) >= 11 is 0. The van der Waals surface area contributed by atoms with Gasteiger partial charge in [-0.25, -0.2) is 0 Å². The largest absolute Gasteiger partial charge is 0.435 e. The zero-order valence-corrected chi connectivity index (χ0v) is 14.2. The Balaban J connectivity index is 1.41. The minimum atomic E-state index is -2.82. The summed E-state index contributed by atoms with van der Waals surface area (Å²) in [4.78, 5) is 15.2. The fourth-order valence-electron chi connectivity index (χ4n) is 2.86. The van der Waals surface area contributed by atoms with Crippen LogP contribution in [0, 0.1) is 0 Å². The first-order chi connectivity index (χ1) is 12.6. The van der Waals surface area contributed by atoms with E-state index in [4.69, 9.17) is 0 Å². The second-order valence-electron chi connectivity index (χ2n) is 5.98. The van der Waals surface area contributed by atoms with Gasteiger partial charge in [0.05, 0.1) is 0 Å². The number of aryl methyl sites for hydroxylation is 1. The van der Waals surface area contributed by atoms with Crippen LogP contribution in [-0.2, 0) is 17.6 Å². The second kappa shape index (κ2) is 8.47. The molecule has 0 aliphatic heterocycles. The van der Waals surface area contributed by atoms with E-state index in [1.54, 1.807) is 12.1 Å². The van der Waals surface area contributed by atoms with Crippen LogP contribution < -0.4 is 10.1 Å². The van der Waals surface area contributed by atoms with E-state index in [9.17, 15) is 13.6 Å². The number of fused-ring (bicyclic) bond motifs is 1. The molecule has 1 amide bonds. The van der Waals surface area contributed by atoms with Gasteiger partial charge in [-0.3, -0.25) is 4.79 Å². The maximum atomic E-state index is 12.1. The normalized spacial score (nSPS) is 11.0. The molecule has 0 saturated heterocycles. The van der Waals surface area contributed by atoms with Crippen molar-refractivity contribution < 1.29 is 18.3 Å². The minimum absolute atomic E-state index is 0.00654. The van der Waals surface area contributed by atoms with Crippen molar-refractivity contribution in [1.82, 2.24) is 10.3 Å². The molecule has 3 aromatic rings. The SMILES string of the molecule is O=C(CCc1c[nH]c2ccccc12)NCCc1ccc(OC(F)F)cc1.